The number of amidine groups is 1. The van der Waals surface area contributed by atoms with Crippen molar-refractivity contribution in [2.45, 2.75) is 19.3 Å². The Labute approximate surface area is 213 Å². The molecule has 0 aliphatic rings. The van der Waals surface area contributed by atoms with Crippen LogP contribution in [0.1, 0.15) is 16.7 Å². The number of likely N-dealkylation sites (N-methyl/N-ethyl adjacent to an activating group) is 1. The van der Waals surface area contributed by atoms with Crippen molar-refractivity contribution in [3.8, 4) is 5.75 Å². The van der Waals surface area contributed by atoms with Gasteiger partial charge in [-0.2, -0.15) is 13.2 Å². The van der Waals surface area contributed by atoms with E-state index >= 15 is 0 Å². The fourth-order valence-corrected chi connectivity index (χ4v) is 3.33. The van der Waals surface area contributed by atoms with Gasteiger partial charge in [-0.15, -0.1) is 0 Å². The van der Waals surface area contributed by atoms with Crippen LogP contribution in [-0.2, 0) is 24.1 Å². The second-order valence-corrected chi connectivity index (χ2v) is 7.92. The molecule has 0 bridgehead atoms. The highest BCUT2D eigenvalue weighted by molar-refractivity contribution is 6.20. The first-order valence-electron chi connectivity index (χ1n) is 11.3. The first-order valence-corrected chi connectivity index (χ1v) is 11.3. The number of hydrogen-bond donors (Lipinski definition) is 4. The number of aliphatic imine (C=N–C) groups is 1. The summed E-state index contributed by atoms with van der Waals surface area (Å²) in [6.45, 7) is 0.341. The number of ether oxygens (including phenoxy) is 1. The van der Waals surface area contributed by atoms with E-state index in [9.17, 15) is 18.0 Å². The van der Waals surface area contributed by atoms with Crippen molar-refractivity contribution in [1.82, 2.24) is 10.6 Å². The summed E-state index contributed by atoms with van der Waals surface area (Å²) >= 11 is 0. The van der Waals surface area contributed by atoms with E-state index in [1.54, 1.807) is 31.4 Å². The van der Waals surface area contributed by atoms with E-state index in [0.717, 1.165) is 17.7 Å². The van der Waals surface area contributed by atoms with Gasteiger partial charge in [0, 0.05) is 19.3 Å². The summed E-state index contributed by atoms with van der Waals surface area (Å²) in [7, 11) is 3.04. The van der Waals surface area contributed by atoms with Gasteiger partial charge in [0.2, 0.25) is 0 Å². The monoisotopic (exact) mass is 511 g/mol. The molecule has 0 saturated carbocycles. The SMILES string of the molecule is CNC(=O)/C(C(N)=NCc1ccc(OC)cc1)=C(/NCc1ccc(C(F)(F)F)cc1)Nc1ccccc1. The minimum absolute atomic E-state index is 0.0199. The number of halogens is 3. The summed E-state index contributed by atoms with van der Waals surface area (Å²) in [5.74, 6) is 0.442. The van der Waals surface area contributed by atoms with E-state index in [1.807, 2.05) is 30.3 Å². The number of nitrogens with zero attached hydrogens (tertiary/aromatic N) is 1. The number of benzene rings is 3. The molecular weight excluding hydrogens is 483 g/mol. The zero-order valence-electron chi connectivity index (χ0n) is 20.4. The minimum Gasteiger partial charge on any atom is -0.497 e. The standard InChI is InChI=1S/C27H28F3N5O2/c1-32-26(36)23(24(31)33-16-19-10-14-22(37-2)15-11-19)25(35-21-6-4-3-5-7-21)34-17-18-8-12-20(13-9-18)27(28,29)30/h3-15,34-35H,16-17H2,1-2H3,(H2,31,33)(H,32,36)/b25-23-. The van der Waals surface area contributed by atoms with Crippen LogP contribution >= 0.6 is 0 Å². The normalized spacial score (nSPS) is 12.4. The van der Waals surface area contributed by atoms with Crippen LogP contribution in [0.2, 0.25) is 0 Å². The molecule has 0 atom stereocenters. The third kappa shape index (κ3) is 7.76. The van der Waals surface area contributed by atoms with Crippen molar-refractivity contribution in [1.29, 1.82) is 0 Å². The highest BCUT2D eigenvalue weighted by Crippen LogP contribution is 2.29. The summed E-state index contributed by atoms with van der Waals surface area (Å²) < 4.78 is 43.9. The van der Waals surface area contributed by atoms with Crippen LogP contribution in [-0.4, -0.2) is 25.9 Å². The van der Waals surface area contributed by atoms with Crippen LogP contribution in [0.3, 0.4) is 0 Å². The van der Waals surface area contributed by atoms with Gasteiger partial charge in [-0.1, -0.05) is 42.5 Å². The van der Waals surface area contributed by atoms with Gasteiger partial charge in [-0.05, 0) is 47.5 Å². The number of amides is 1. The number of hydrogen-bond acceptors (Lipinski definition) is 5. The van der Waals surface area contributed by atoms with Gasteiger partial charge in [-0.25, -0.2) is 0 Å². The maximum Gasteiger partial charge on any atom is 0.416 e. The Hall–Kier alpha value is -4.47. The zero-order valence-corrected chi connectivity index (χ0v) is 20.4. The minimum atomic E-state index is -4.42. The van der Waals surface area contributed by atoms with Gasteiger partial charge in [0.05, 0.1) is 19.2 Å². The summed E-state index contributed by atoms with van der Waals surface area (Å²) in [5, 5.41) is 8.81. The molecule has 3 aromatic rings. The molecule has 5 N–H and O–H groups in total. The van der Waals surface area contributed by atoms with E-state index in [0.29, 0.717) is 17.0 Å². The molecule has 194 valence electrons. The predicted molar refractivity (Wildman–Crippen MR) is 138 cm³/mol. The summed E-state index contributed by atoms with van der Waals surface area (Å²) in [6, 6.07) is 21.1. The van der Waals surface area contributed by atoms with E-state index < -0.39 is 17.6 Å². The van der Waals surface area contributed by atoms with Crippen molar-refractivity contribution < 1.29 is 22.7 Å². The average molecular weight is 512 g/mol. The molecular formula is C27H28F3N5O2. The van der Waals surface area contributed by atoms with Crippen LogP contribution in [0.4, 0.5) is 18.9 Å². The Morgan fingerprint density at radius 2 is 1.57 bits per heavy atom. The van der Waals surface area contributed by atoms with Crippen molar-refractivity contribution in [2.24, 2.45) is 10.7 Å². The van der Waals surface area contributed by atoms with Crippen LogP contribution in [0.25, 0.3) is 0 Å². The number of alkyl halides is 3. The average Bonchev–Trinajstić information content (AvgIpc) is 2.91. The topological polar surface area (TPSA) is 101 Å². The molecule has 10 heteroatoms. The molecule has 0 saturated heterocycles. The Morgan fingerprint density at radius 1 is 0.946 bits per heavy atom. The van der Waals surface area contributed by atoms with Gasteiger partial charge in [0.25, 0.3) is 5.91 Å². The summed E-state index contributed by atoms with van der Waals surface area (Å²) in [4.78, 5) is 17.3. The highest BCUT2D eigenvalue weighted by Gasteiger charge is 2.30. The van der Waals surface area contributed by atoms with Crippen molar-refractivity contribution in [3.63, 3.8) is 0 Å². The lowest BCUT2D eigenvalue weighted by Gasteiger charge is -2.19. The van der Waals surface area contributed by atoms with Gasteiger partial charge < -0.3 is 26.4 Å². The van der Waals surface area contributed by atoms with Gasteiger partial charge in [-0.3, -0.25) is 9.79 Å². The number of rotatable bonds is 10. The molecule has 3 rings (SSSR count). The molecule has 3 aromatic carbocycles. The molecule has 0 aromatic heterocycles. The molecule has 0 unspecified atom stereocenters. The van der Waals surface area contributed by atoms with Crippen LogP contribution in [0.5, 0.6) is 5.75 Å². The third-order valence-electron chi connectivity index (χ3n) is 5.34. The zero-order chi connectivity index (χ0) is 26.8. The lowest BCUT2D eigenvalue weighted by Crippen LogP contribution is -2.35. The van der Waals surface area contributed by atoms with E-state index in [1.165, 1.54) is 19.2 Å². The van der Waals surface area contributed by atoms with Gasteiger partial charge >= 0.3 is 6.18 Å². The largest absolute Gasteiger partial charge is 0.497 e. The molecule has 0 radical (unpaired) electrons. The predicted octanol–water partition coefficient (Wildman–Crippen LogP) is 4.43. The Bertz CT molecular complexity index is 1240. The van der Waals surface area contributed by atoms with E-state index in [4.69, 9.17) is 10.5 Å². The van der Waals surface area contributed by atoms with Crippen LogP contribution in [0, 0.1) is 0 Å². The second-order valence-electron chi connectivity index (χ2n) is 7.92. The molecule has 0 aliphatic carbocycles. The molecule has 0 spiro atoms. The second kappa shape index (κ2) is 12.5. The molecule has 7 nitrogen and oxygen atoms in total. The first kappa shape index (κ1) is 27.1. The molecule has 0 heterocycles. The van der Waals surface area contributed by atoms with Crippen LogP contribution in [0.15, 0.2) is 95.2 Å². The fraction of sp³-hybridized carbons (Fsp3) is 0.185. The van der Waals surface area contributed by atoms with Crippen molar-refractivity contribution >= 4 is 17.4 Å². The smallest absolute Gasteiger partial charge is 0.416 e. The van der Waals surface area contributed by atoms with Crippen LogP contribution < -0.4 is 26.4 Å². The maximum absolute atomic E-state index is 12.9. The number of nitrogens with two attached hydrogens (primary N) is 1. The molecule has 0 fully saturated rings. The van der Waals surface area contributed by atoms with Gasteiger partial charge in [0.1, 0.15) is 23.0 Å². The Kier molecular flexibility index (Phi) is 9.15. The third-order valence-corrected chi connectivity index (χ3v) is 5.34. The maximum atomic E-state index is 12.9. The molecule has 0 aliphatic heterocycles. The van der Waals surface area contributed by atoms with E-state index in [-0.39, 0.29) is 30.3 Å². The summed E-state index contributed by atoms with van der Waals surface area (Å²) in [6.07, 6.45) is -4.42. The van der Waals surface area contributed by atoms with Crippen molar-refractivity contribution in [2.75, 3.05) is 19.5 Å². The number of carbonyl (C=O) groups is 1. The fourth-order valence-electron chi connectivity index (χ4n) is 3.33. The molecule has 37 heavy (non-hydrogen) atoms. The number of carbonyl (C=O) groups excluding carboxylic acids is 1. The highest BCUT2D eigenvalue weighted by atomic mass is 19.4. The first-order chi connectivity index (χ1) is 17.7. The Morgan fingerprint density at radius 3 is 2.14 bits per heavy atom. The lowest BCUT2D eigenvalue weighted by molar-refractivity contribution is -0.137. The lowest BCUT2D eigenvalue weighted by atomic mass is 10.1. The number of anilines is 1. The quantitative estimate of drug-likeness (QED) is 0.183. The number of methoxy groups -OCH3 is 1. The molecule has 1 amide bonds. The Balaban J connectivity index is 1.93. The summed E-state index contributed by atoms with van der Waals surface area (Å²) in [5.41, 5.74) is 7.71. The van der Waals surface area contributed by atoms with Gasteiger partial charge in [0.15, 0.2) is 0 Å². The number of nitrogens with one attached hydrogen (secondary N) is 3. The van der Waals surface area contributed by atoms with E-state index in [2.05, 4.69) is 20.9 Å². The van der Waals surface area contributed by atoms with Crippen molar-refractivity contribution in [3.05, 3.63) is 107 Å². The number of para-hydroxylation sites is 1.